The summed E-state index contributed by atoms with van der Waals surface area (Å²) in [7, 11) is 6.37. The average molecular weight is 743 g/mol. The highest BCUT2D eigenvalue weighted by Crippen LogP contribution is 2.25. The molecule has 51 heavy (non-hydrogen) atoms. The first-order chi connectivity index (χ1) is 23.8. The molecule has 13 nitrogen and oxygen atoms in total. The number of hydrogen-bond acceptors (Lipinski definition) is 9. The van der Waals surface area contributed by atoms with Crippen LogP contribution in [0.25, 0.3) is 0 Å². The molecule has 1 heterocycles. The standard InChI is InChI=1S/C37H70N6O7S/c1-14-16-30(44)42(12)36(51-22-15-17-43-18-20-50-21-19-43)35(48)41(11)29(24-37(8,9)49-13)33(46)39-31(26(4)5)34(47)40(10)28(23-25(2)3)32(45)38-27(6)7/h25-29,31,36H,14-24H2,1-13H3,(H,38,45)(H,39,46)/t28-,29-,31-,36+/m0/s1. The fourth-order valence-electron chi connectivity index (χ4n) is 5.86. The van der Waals surface area contributed by atoms with Gasteiger partial charge in [-0.25, -0.2) is 0 Å². The normalized spacial score (nSPS) is 16.4. The maximum Gasteiger partial charge on any atom is 0.256 e. The summed E-state index contributed by atoms with van der Waals surface area (Å²) in [4.78, 5) is 75.7. The number of carbonyl (C=O) groups excluding carboxylic acids is 5. The lowest BCUT2D eigenvalue weighted by atomic mass is 9.95. The van der Waals surface area contributed by atoms with Crippen molar-refractivity contribution in [2.45, 2.75) is 130 Å². The molecule has 4 atom stereocenters. The molecular formula is C37H70N6O7S. The topological polar surface area (TPSA) is 141 Å². The third-order valence-corrected chi connectivity index (χ3v) is 10.6. The van der Waals surface area contributed by atoms with Crippen molar-refractivity contribution in [2.75, 3.05) is 66.9 Å². The van der Waals surface area contributed by atoms with Crippen molar-refractivity contribution >= 4 is 41.3 Å². The van der Waals surface area contributed by atoms with Gasteiger partial charge in [0.2, 0.25) is 23.6 Å². The van der Waals surface area contributed by atoms with Crippen LogP contribution in [0.15, 0.2) is 0 Å². The second-order valence-corrected chi connectivity index (χ2v) is 16.6. The maximum atomic E-state index is 14.4. The van der Waals surface area contributed by atoms with Gasteiger partial charge in [0.1, 0.15) is 18.1 Å². The molecule has 5 amide bonds. The zero-order valence-corrected chi connectivity index (χ0v) is 34.7. The van der Waals surface area contributed by atoms with Crippen molar-refractivity contribution in [3.63, 3.8) is 0 Å². The molecule has 0 aromatic carbocycles. The minimum atomic E-state index is -1.02. The lowest BCUT2D eigenvalue weighted by Crippen LogP contribution is -2.60. The summed E-state index contributed by atoms with van der Waals surface area (Å²) in [6.45, 7) is 21.0. The number of hydrogen-bond donors (Lipinski definition) is 2. The Labute approximate surface area is 312 Å². The van der Waals surface area contributed by atoms with Crippen LogP contribution in [0, 0.1) is 11.8 Å². The van der Waals surface area contributed by atoms with Crippen LogP contribution >= 0.6 is 11.8 Å². The number of amides is 5. The van der Waals surface area contributed by atoms with Crippen molar-refractivity contribution in [2.24, 2.45) is 11.8 Å². The number of likely N-dealkylation sites (N-methyl/N-ethyl adjacent to an activating group) is 3. The SMILES string of the molecule is CCCC(=O)N(C)[C@H](SCCCN1CCOCC1)C(=O)N(C)[C@@H](CC(C)(C)OC)C(=O)N[C@H](C(=O)N(C)[C@@H](CC(C)C)C(=O)NC(C)C)C(C)C. The van der Waals surface area contributed by atoms with Gasteiger partial charge in [0.25, 0.3) is 5.91 Å². The predicted molar refractivity (Wildman–Crippen MR) is 204 cm³/mol. The smallest absolute Gasteiger partial charge is 0.256 e. The largest absolute Gasteiger partial charge is 0.379 e. The molecule has 0 radical (unpaired) electrons. The number of nitrogens with one attached hydrogen (secondary N) is 2. The third-order valence-electron chi connectivity index (χ3n) is 9.25. The summed E-state index contributed by atoms with van der Waals surface area (Å²) in [6, 6.07) is -2.80. The number of morpholine rings is 1. The Hall–Kier alpha value is -2.42. The first-order valence-corrected chi connectivity index (χ1v) is 19.7. The highest BCUT2D eigenvalue weighted by atomic mass is 32.2. The monoisotopic (exact) mass is 743 g/mol. The van der Waals surface area contributed by atoms with E-state index in [1.807, 2.05) is 62.3 Å². The van der Waals surface area contributed by atoms with Crippen LogP contribution in [0.2, 0.25) is 0 Å². The molecule has 0 saturated carbocycles. The van der Waals surface area contributed by atoms with Crippen molar-refractivity contribution in [1.82, 2.24) is 30.2 Å². The van der Waals surface area contributed by atoms with Crippen LogP contribution in [0.4, 0.5) is 0 Å². The first-order valence-electron chi connectivity index (χ1n) is 18.6. The predicted octanol–water partition coefficient (Wildman–Crippen LogP) is 3.21. The molecule has 1 rings (SSSR count). The fraction of sp³-hybridized carbons (Fsp3) is 0.865. The van der Waals surface area contributed by atoms with Gasteiger partial charge in [-0.3, -0.25) is 28.9 Å². The molecule has 1 aliphatic rings. The van der Waals surface area contributed by atoms with Gasteiger partial charge in [-0.1, -0.05) is 34.6 Å². The van der Waals surface area contributed by atoms with E-state index >= 15 is 0 Å². The van der Waals surface area contributed by atoms with Crippen LogP contribution in [-0.2, 0) is 33.4 Å². The Balaban J connectivity index is 3.38. The summed E-state index contributed by atoms with van der Waals surface area (Å²) in [5.74, 6) is -1.20. The molecule has 1 saturated heterocycles. The van der Waals surface area contributed by atoms with E-state index in [0.29, 0.717) is 38.2 Å². The van der Waals surface area contributed by atoms with Crippen molar-refractivity contribution in [1.29, 1.82) is 0 Å². The van der Waals surface area contributed by atoms with Crippen molar-refractivity contribution in [3.05, 3.63) is 0 Å². The molecule has 0 aromatic heterocycles. The number of thioether (sulfide) groups is 1. The highest BCUT2D eigenvalue weighted by molar-refractivity contribution is 8.00. The zero-order chi connectivity index (χ0) is 39.1. The van der Waals surface area contributed by atoms with E-state index in [-0.39, 0.29) is 47.9 Å². The first kappa shape index (κ1) is 46.6. The van der Waals surface area contributed by atoms with Gasteiger partial charge in [0, 0.05) is 60.2 Å². The Morgan fingerprint density at radius 1 is 0.863 bits per heavy atom. The summed E-state index contributed by atoms with van der Waals surface area (Å²) < 4.78 is 11.2. The summed E-state index contributed by atoms with van der Waals surface area (Å²) >= 11 is 1.40. The van der Waals surface area contributed by atoms with E-state index < -0.39 is 35.0 Å². The second kappa shape index (κ2) is 22.6. The summed E-state index contributed by atoms with van der Waals surface area (Å²) in [6.07, 6.45) is 2.37. The summed E-state index contributed by atoms with van der Waals surface area (Å²) in [5.41, 5.74) is -0.799. The van der Waals surface area contributed by atoms with Crippen LogP contribution in [0.1, 0.15) is 94.4 Å². The molecule has 1 aliphatic heterocycles. The van der Waals surface area contributed by atoms with Gasteiger partial charge in [-0.2, -0.15) is 0 Å². The van der Waals surface area contributed by atoms with E-state index in [1.54, 1.807) is 28.3 Å². The van der Waals surface area contributed by atoms with E-state index in [4.69, 9.17) is 9.47 Å². The molecule has 0 bridgehead atoms. The summed E-state index contributed by atoms with van der Waals surface area (Å²) in [5, 5.41) is 5.04. The molecule has 0 unspecified atom stereocenters. The maximum absolute atomic E-state index is 14.4. The van der Waals surface area contributed by atoms with Crippen molar-refractivity contribution in [3.8, 4) is 0 Å². The lowest BCUT2D eigenvalue weighted by Gasteiger charge is -2.38. The third kappa shape index (κ3) is 15.6. The van der Waals surface area contributed by atoms with Gasteiger partial charge in [0.15, 0.2) is 5.37 Å². The molecule has 0 aliphatic carbocycles. The molecule has 0 aromatic rings. The van der Waals surface area contributed by atoms with Gasteiger partial charge in [0.05, 0.1) is 18.8 Å². The Kier molecular flexibility index (Phi) is 20.7. The zero-order valence-electron chi connectivity index (χ0n) is 33.9. The molecule has 0 spiro atoms. The lowest BCUT2D eigenvalue weighted by molar-refractivity contribution is -0.148. The Morgan fingerprint density at radius 3 is 1.94 bits per heavy atom. The van der Waals surface area contributed by atoms with E-state index in [0.717, 1.165) is 26.1 Å². The average Bonchev–Trinajstić information content (AvgIpc) is 3.06. The van der Waals surface area contributed by atoms with E-state index in [2.05, 4.69) is 15.5 Å². The van der Waals surface area contributed by atoms with Crippen LogP contribution in [0.3, 0.4) is 0 Å². The number of nitrogens with zero attached hydrogens (tertiary/aromatic N) is 4. The van der Waals surface area contributed by atoms with Gasteiger partial charge in [-0.05, 0) is 71.1 Å². The molecular weight excluding hydrogens is 673 g/mol. The fourth-order valence-corrected chi connectivity index (χ4v) is 7.03. The minimum absolute atomic E-state index is 0.0997. The second-order valence-electron chi connectivity index (χ2n) is 15.4. The molecule has 1 fully saturated rings. The Bertz CT molecular complexity index is 1110. The number of ether oxygens (including phenoxy) is 2. The highest BCUT2D eigenvalue weighted by Gasteiger charge is 2.41. The molecule has 2 N–H and O–H groups in total. The number of rotatable bonds is 22. The van der Waals surface area contributed by atoms with Crippen molar-refractivity contribution < 1.29 is 33.4 Å². The van der Waals surface area contributed by atoms with Crippen LogP contribution in [-0.4, -0.2) is 151 Å². The number of methoxy groups -OCH3 is 1. The Morgan fingerprint density at radius 2 is 1.43 bits per heavy atom. The van der Waals surface area contributed by atoms with Crippen LogP contribution in [0.5, 0.6) is 0 Å². The van der Waals surface area contributed by atoms with Gasteiger partial charge >= 0.3 is 0 Å². The van der Waals surface area contributed by atoms with Gasteiger partial charge < -0.3 is 34.8 Å². The van der Waals surface area contributed by atoms with E-state index in [9.17, 15) is 24.0 Å². The van der Waals surface area contributed by atoms with Gasteiger partial charge in [-0.15, -0.1) is 11.8 Å². The quantitative estimate of drug-likeness (QED) is 0.126. The molecule has 14 heteroatoms. The van der Waals surface area contributed by atoms with Crippen LogP contribution < -0.4 is 10.6 Å². The van der Waals surface area contributed by atoms with E-state index in [1.165, 1.54) is 26.5 Å². The molecule has 296 valence electrons. The number of carbonyl (C=O) groups is 5. The minimum Gasteiger partial charge on any atom is -0.379 e.